The van der Waals surface area contributed by atoms with E-state index in [0.717, 1.165) is 5.57 Å². The lowest BCUT2D eigenvalue weighted by atomic mass is 10.3. The largest absolute Gasteiger partial charge is 0.391 e. The summed E-state index contributed by atoms with van der Waals surface area (Å²) in [5.74, 6) is 0. The second-order valence-corrected chi connectivity index (χ2v) is 5.03. The lowest BCUT2D eigenvalue weighted by Crippen LogP contribution is -2.14. The van der Waals surface area contributed by atoms with Crippen LogP contribution in [0.15, 0.2) is 11.6 Å². The molecule has 0 fully saturated rings. The predicted octanol–water partition coefficient (Wildman–Crippen LogP) is 0.761. The van der Waals surface area contributed by atoms with Crippen molar-refractivity contribution in [3.05, 3.63) is 11.6 Å². The molecule has 0 aromatic rings. The highest BCUT2D eigenvalue weighted by molar-refractivity contribution is 4.98. The summed E-state index contributed by atoms with van der Waals surface area (Å²) in [4.78, 5) is 0. The summed E-state index contributed by atoms with van der Waals surface area (Å²) in [6, 6.07) is 0. The van der Waals surface area contributed by atoms with Crippen molar-refractivity contribution >= 4 is 0 Å². The van der Waals surface area contributed by atoms with E-state index >= 15 is 0 Å². The lowest BCUT2D eigenvalue weighted by molar-refractivity contribution is 0.0123. The first kappa shape index (κ1) is 20.5. The van der Waals surface area contributed by atoms with E-state index in [1.54, 1.807) is 13.8 Å². The number of ether oxygens (including phenoxy) is 4. The van der Waals surface area contributed by atoms with Crippen molar-refractivity contribution in [1.82, 2.24) is 0 Å². The van der Waals surface area contributed by atoms with Gasteiger partial charge in [0.2, 0.25) is 0 Å². The SMILES string of the molecule is CC(=CCOCCOCC(C)O)COCCOCC(C)O. The molecule has 0 aliphatic carbocycles. The molecule has 0 bridgehead atoms. The van der Waals surface area contributed by atoms with E-state index in [0.29, 0.717) is 52.9 Å². The summed E-state index contributed by atoms with van der Waals surface area (Å²) < 4.78 is 21.1. The van der Waals surface area contributed by atoms with Crippen molar-refractivity contribution in [3.8, 4) is 0 Å². The third-order valence-corrected chi connectivity index (χ3v) is 2.34. The molecular weight excluding hydrogens is 276 g/mol. The number of hydrogen-bond acceptors (Lipinski definition) is 6. The van der Waals surface area contributed by atoms with Crippen LogP contribution in [0.25, 0.3) is 0 Å². The molecule has 0 spiro atoms. The first-order valence-corrected chi connectivity index (χ1v) is 7.35. The van der Waals surface area contributed by atoms with Gasteiger partial charge in [0.1, 0.15) is 0 Å². The number of aliphatic hydroxyl groups excluding tert-OH is 2. The van der Waals surface area contributed by atoms with Crippen molar-refractivity contribution in [2.45, 2.75) is 33.0 Å². The smallest absolute Gasteiger partial charge is 0.0745 e. The normalized spacial score (nSPS) is 15.2. The Balaban J connectivity index is 3.32. The van der Waals surface area contributed by atoms with Crippen molar-refractivity contribution in [3.63, 3.8) is 0 Å². The Labute approximate surface area is 127 Å². The van der Waals surface area contributed by atoms with Gasteiger partial charge in [-0.25, -0.2) is 0 Å². The molecule has 0 saturated heterocycles. The summed E-state index contributed by atoms with van der Waals surface area (Å²) >= 11 is 0. The van der Waals surface area contributed by atoms with Gasteiger partial charge in [-0.05, 0) is 26.3 Å². The molecule has 0 saturated carbocycles. The predicted molar refractivity (Wildman–Crippen MR) is 80.4 cm³/mol. The molecule has 2 atom stereocenters. The van der Waals surface area contributed by atoms with Crippen LogP contribution in [0.2, 0.25) is 0 Å². The zero-order valence-electron chi connectivity index (χ0n) is 13.4. The van der Waals surface area contributed by atoms with E-state index < -0.39 is 12.2 Å². The Morgan fingerprint density at radius 1 is 0.857 bits per heavy atom. The van der Waals surface area contributed by atoms with Gasteiger partial charge in [-0.15, -0.1) is 0 Å². The molecule has 0 radical (unpaired) electrons. The zero-order chi connectivity index (χ0) is 15.9. The van der Waals surface area contributed by atoms with Crippen LogP contribution in [0.5, 0.6) is 0 Å². The molecule has 0 aromatic heterocycles. The van der Waals surface area contributed by atoms with E-state index in [4.69, 9.17) is 29.2 Å². The van der Waals surface area contributed by atoms with E-state index in [1.807, 2.05) is 13.0 Å². The molecule has 0 aliphatic heterocycles. The topological polar surface area (TPSA) is 77.4 Å². The van der Waals surface area contributed by atoms with Crippen LogP contribution in [0.4, 0.5) is 0 Å². The lowest BCUT2D eigenvalue weighted by Gasteiger charge is -2.08. The van der Waals surface area contributed by atoms with Crippen LogP contribution in [-0.2, 0) is 18.9 Å². The molecule has 126 valence electrons. The standard InChI is InChI=1S/C15H30O6/c1-13(10-19-8-9-21-12-15(3)17)4-5-18-6-7-20-11-14(2)16/h4,14-17H,5-12H2,1-3H3. The molecule has 0 amide bonds. The number of rotatable bonds is 14. The molecule has 0 rings (SSSR count). The van der Waals surface area contributed by atoms with E-state index in [9.17, 15) is 0 Å². The minimum Gasteiger partial charge on any atom is -0.391 e. The third-order valence-electron chi connectivity index (χ3n) is 2.34. The third kappa shape index (κ3) is 17.4. The average molecular weight is 306 g/mol. The van der Waals surface area contributed by atoms with E-state index in [2.05, 4.69) is 0 Å². The van der Waals surface area contributed by atoms with Crippen molar-refractivity contribution in [2.24, 2.45) is 0 Å². The van der Waals surface area contributed by atoms with Crippen LogP contribution in [0.1, 0.15) is 20.8 Å². The fourth-order valence-corrected chi connectivity index (χ4v) is 1.32. The minimum atomic E-state index is -0.437. The van der Waals surface area contributed by atoms with Gasteiger partial charge in [0, 0.05) is 0 Å². The van der Waals surface area contributed by atoms with Crippen LogP contribution in [0, 0.1) is 0 Å². The van der Waals surface area contributed by atoms with E-state index in [1.165, 1.54) is 0 Å². The summed E-state index contributed by atoms with van der Waals surface area (Å²) in [6.45, 7) is 9.05. The molecule has 0 heterocycles. The van der Waals surface area contributed by atoms with E-state index in [-0.39, 0.29) is 0 Å². The van der Waals surface area contributed by atoms with Crippen molar-refractivity contribution in [2.75, 3.05) is 52.9 Å². The first-order valence-electron chi connectivity index (χ1n) is 7.35. The summed E-state index contributed by atoms with van der Waals surface area (Å²) in [5, 5.41) is 18.0. The summed E-state index contributed by atoms with van der Waals surface area (Å²) in [5.41, 5.74) is 1.09. The van der Waals surface area contributed by atoms with Crippen LogP contribution >= 0.6 is 0 Å². The highest BCUT2D eigenvalue weighted by Gasteiger charge is 1.96. The molecule has 6 nitrogen and oxygen atoms in total. The molecule has 21 heavy (non-hydrogen) atoms. The average Bonchev–Trinajstić information content (AvgIpc) is 2.41. The Kier molecular flexibility index (Phi) is 14.1. The van der Waals surface area contributed by atoms with Crippen molar-refractivity contribution in [1.29, 1.82) is 0 Å². The van der Waals surface area contributed by atoms with Gasteiger partial charge in [-0.1, -0.05) is 6.08 Å². The summed E-state index contributed by atoms with van der Waals surface area (Å²) in [6.07, 6.45) is 1.09. The maximum atomic E-state index is 8.99. The quantitative estimate of drug-likeness (QED) is 0.364. The number of hydrogen-bond donors (Lipinski definition) is 2. The fraction of sp³-hybridized carbons (Fsp3) is 0.867. The van der Waals surface area contributed by atoms with Gasteiger partial charge < -0.3 is 29.2 Å². The molecule has 0 aromatic carbocycles. The van der Waals surface area contributed by atoms with Gasteiger partial charge in [0.25, 0.3) is 0 Å². The van der Waals surface area contributed by atoms with Crippen LogP contribution < -0.4 is 0 Å². The molecular formula is C15H30O6. The van der Waals surface area contributed by atoms with Gasteiger partial charge in [-0.3, -0.25) is 0 Å². The van der Waals surface area contributed by atoms with Gasteiger partial charge in [0.15, 0.2) is 0 Å². The number of aliphatic hydroxyl groups is 2. The first-order chi connectivity index (χ1) is 10.0. The van der Waals surface area contributed by atoms with Gasteiger partial charge in [-0.2, -0.15) is 0 Å². The van der Waals surface area contributed by atoms with Crippen LogP contribution in [-0.4, -0.2) is 75.3 Å². The molecule has 0 aliphatic rings. The molecule has 6 heteroatoms. The molecule has 2 unspecified atom stereocenters. The Bertz CT molecular complexity index is 253. The summed E-state index contributed by atoms with van der Waals surface area (Å²) in [7, 11) is 0. The maximum absolute atomic E-state index is 8.99. The highest BCUT2D eigenvalue weighted by Crippen LogP contribution is 1.95. The fourth-order valence-electron chi connectivity index (χ4n) is 1.32. The Morgan fingerprint density at radius 2 is 1.33 bits per heavy atom. The second-order valence-electron chi connectivity index (χ2n) is 5.03. The monoisotopic (exact) mass is 306 g/mol. The maximum Gasteiger partial charge on any atom is 0.0745 e. The highest BCUT2D eigenvalue weighted by atomic mass is 16.5. The Morgan fingerprint density at radius 3 is 1.86 bits per heavy atom. The second kappa shape index (κ2) is 14.4. The van der Waals surface area contributed by atoms with Gasteiger partial charge in [0.05, 0.1) is 65.1 Å². The van der Waals surface area contributed by atoms with Crippen molar-refractivity contribution < 1.29 is 29.2 Å². The molecule has 2 N–H and O–H groups in total. The van der Waals surface area contributed by atoms with Crippen LogP contribution in [0.3, 0.4) is 0 Å². The Hall–Kier alpha value is -0.500. The van der Waals surface area contributed by atoms with Gasteiger partial charge >= 0.3 is 0 Å². The minimum absolute atomic E-state index is 0.336. The zero-order valence-corrected chi connectivity index (χ0v) is 13.4.